The van der Waals surface area contributed by atoms with Crippen LogP contribution in [0.25, 0.3) is 11.4 Å². The van der Waals surface area contributed by atoms with Crippen molar-refractivity contribution in [2.24, 2.45) is 0 Å². The van der Waals surface area contributed by atoms with Crippen molar-refractivity contribution in [1.29, 1.82) is 0 Å². The minimum absolute atomic E-state index is 0.714. The van der Waals surface area contributed by atoms with E-state index in [1.807, 2.05) is 18.5 Å². The summed E-state index contributed by atoms with van der Waals surface area (Å²) in [7, 11) is 0. The molecule has 1 N–H and O–H groups in total. The minimum Gasteiger partial charge on any atom is -0.342 e. The molecule has 0 amide bonds. The third-order valence-electron chi connectivity index (χ3n) is 2.59. The third-order valence-corrected chi connectivity index (χ3v) is 3.02. The first kappa shape index (κ1) is 9.09. The molecule has 1 aliphatic rings. The molecule has 0 saturated heterocycles. The zero-order valence-electron chi connectivity index (χ0n) is 8.07. The molecule has 0 atom stereocenters. The molecule has 1 fully saturated rings. The lowest BCUT2D eigenvalue weighted by Gasteiger charge is -1.96. The maximum Gasteiger partial charge on any atom is 0.139 e. The van der Waals surface area contributed by atoms with Crippen LogP contribution in [0.4, 0.5) is 0 Å². The van der Waals surface area contributed by atoms with Crippen LogP contribution in [0.15, 0.2) is 29.1 Å². The maximum absolute atomic E-state index is 4.37. The van der Waals surface area contributed by atoms with Gasteiger partial charge in [-0.05, 0) is 34.8 Å². The Labute approximate surface area is 96.1 Å². The summed E-state index contributed by atoms with van der Waals surface area (Å²) >= 11 is 3.40. The van der Waals surface area contributed by atoms with Gasteiger partial charge in [-0.25, -0.2) is 4.98 Å². The van der Waals surface area contributed by atoms with Gasteiger partial charge in [0.25, 0.3) is 0 Å². The largest absolute Gasteiger partial charge is 0.342 e. The van der Waals surface area contributed by atoms with Crippen molar-refractivity contribution in [1.82, 2.24) is 15.0 Å². The third kappa shape index (κ3) is 1.81. The van der Waals surface area contributed by atoms with E-state index in [2.05, 4.69) is 30.9 Å². The summed E-state index contributed by atoms with van der Waals surface area (Å²) in [6, 6.07) is 2.02. The van der Waals surface area contributed by atoms with Crippen molar-refractivity contribution < 1.29 is 0 Å². The molecule has 1 aliphatic carbocycles. The Morgan fingerprint density at radius 2 is 2.13 bits per heavy atom. The monoisotopic (exact) mass is 263 g/mol. The molecule has 1 saturated carbocycles. The van der Waals surface area contributed by atoms with E-state index in [9.17, 15) is 0 Å². The first-order valence-corrected chi connectivity index (χ1v) is 5.78. The molecular formula is C11H10BrN3. The van der Waals surface area contributed by atoms with Gasteiger partial charge in [-0.2, -0.15) is 0 Å². The molecule has 2 aromatic heterocycles. The zero-order chi connectivity index (χ0) is 10.3. The number of rotatable bonds is 2. The molecule has 0 unspecified atom stereocenters. The van der Waals surface area contributed by atoms with E-state index >= 15 is 0 Å². The molecule has 2 heterocycles. The van der Waals surface area contributed by atoms with Crippen molar-refractivity contribution in [3.63, 3.8) is 0 Å². The van der Waals surface area contributed by atoms with E-state index in [4.69, 9.17) is 0 Å². The summed E-state index contributed by atoms with van der Waals surface area (Å²) in [6.45, 7) is 0. The quantitative estimate of drug-likeness (QED) is 0.905. The predicted molar refractivity (Wildman–Crippen MR) is 61.5 cm³/mol. The van der Waals surface area contributed by atoms with Crippen LogP contribution in [0.2, 0.25) is 0 Å². The minimum atomic E-state index is 0.714. The Hall–Kier alpha value is -1.16. The van der Waals surface area contributed by atoms with Gasteiger partial charge in [-0.15, -0.1) is 0 Å². The SMILES string of the molecule is Brc1cncc(-c2ncc(C3CC3)[nH]2)c1. The van der Waals surface area contributed by atoms with E-state index in [0.717, 1.165) is 15.9 Å². The Bertz CT molecular complexity index is 488. The van der Waals surface area contributed by atoms with Crippen LogP contribution >= 0.6 is 15.9 Å². The van der Waals surface area contributed by atoms with Gasteiger partial charge in [0.15, 0.2) is 0 Å². The Kier molecular flexibility index (Phi) is 2.09. The second-order valence-electron chi connectivity index (χ2n) is 3.85. The van der Waals surface area contributed by atoms with Crippen molar-refractivity contribution >= 4 is 15.9 Å². The number of aromatic amines is 1. The summed E-state index contributed by atoms with van der Waals surface area (Å²) in [5, 5.41) is 0. The fourth-order valence-electron chi connectivity index (χ4n) is 1.63. The highest BCUT2D eigenvalue weighted by Crippen LogP contribution is 2.39. The number of imidazole rings is 1. The van der Waals surface area contributed by atoms with Crippen molar-refractivity contribution in [2.75, 3.05) is 0 Å². The first-order chi connectivity index (χ1) is 7.33. The molecule has 2 aromatic rings. The van der Waals surface area contributed by atoms with E-state index in [1.54, 1.807) is 6.20 Å². The molecular weight excluding hydrogens is 254 g/mol. The summed E-state index contributed by atoms with van der Waals surface area (Å²) in [5.74, 6) is 1.62. The van der Waals surface area contributed by atoms with Gasteiger partial charge in [0, 0.05) is 40.2 Å². The maximum atomic E-state index is 4.37. The van der Waals surface area contributed by atoms with E-state index in [-0.39, 0.29) is 0 Å². The predicted octanol–water partition coefficient (Wildman–Crippen LogP) is 3.11. The van der Waals surface area contributed by atoms with Crippen LogP contribution in [-0.4, -0.2) is 15.0 Å². The summed E-state index contributed by atoms with van der Waals surface area (Å²) in [6.07, 6.45) is 8.11. The van der Waals surface area contributed by atoms with Gasteiger partial charge in [0.1, 0.15) is 5.82 Å². The first-order valence-electron chi connectivity index (χ1n) is 4.99. The van der Waals surface area contributed by atoms with Gasteiger partial charge < -0.3 is 4.98 Å². The second-order valence-corrected chi connectivity index (χ2v) is 4.77. The molecule has 4 heteroatoms. The van der Waals surface area contributed by atoms with Gasteiger partial charge in [0.05, 0.1) is 0 Å². The van der Waals surface area contributed by atoms with Gasteiger partial charge in [-0.3, -0.25) is 4.98 Å². The van der Waals surface area contributed by atoms with Crippen molar-refractivity contribution in [2.45, 2.75) is 18.8 Å². The number of pyridine rings is 1. The number of hydrogen-bond donors (Lipinski definition) is 1. The van der Waals surface area contributed by atoms with Crippen molar-refractivity contribution in [3.8, 4) is 11.4 Å². The number of aromatic nitrogens is 3. The average Bonchev–Trinajstić information content (AvgIpc) is 2.97. The molecule has 3 nitrogen and oxygen atoms in total. The fourth-order valence-corrected chi connectivity index (χ4v) is 1.99. The number of nitrogens with zero attached hydrogens (tertiary/aromatic N) is 2. The number of H-pyrrole nitrogens is 1. The van der Waals surface area contributed by atoms with Gasteiger partial charge >= 0.3 is 0 Å². The molecule has 3 rings (SSSR count). The smallest absolute Gasteiger partial charge is 0.139 e. The summed E-state index contributed by atoms with van der Waals surface area (Å²) < 4.78 is 0.976. The van der Waals surface area contributed by atoms with E-state index in [0.29, 0.717) is 5.92 Å². The molecule has 0 radical (unpaired) electrons. The Morgan fingerprint density at radius 3 is 2.87 bits per heavy atom. The highest BCUT2D eigenvalue weighted by molar-refractivity contribution is 9.10. The summed E-state index contributed by atoms with van der Waals surface area (Å²) in [5.41, 5.74) is 2.28. The normalized spacial score (nSPS) is 15.5. The fraction of sp³-hybridized carbons (Fsp3) is 0.273. The van der Waals surface area contributed by atoms with E-state index < -0.39 is 0 Å². The highest BCUT2D eigenvalue weighted by Gasteiger charge is 2.25. The standard InChI is InChI=1S/C11H10BrN3/c12-9-3-8(4-13-5-9)11-14-6-10(15-11)7-1-2-7/h3-7H,1-2H2,(H,14,15). The highest BCUT2D eigenvalue weighted by atomic mass is 79.9. The molecule has 0 aromatic carbocycles. The average molecular weight is 264 g/mol. The molecule has 0 spiro atoms. The van der Waals surface area contributed by atoms with Crippen LogP contribution in [-0.2, 0) is 0 Å². The Morgan fingerprint density at radius 1 is 1.27 bits per heavy atom. The lowest BCUT2D eigenvalue weighted by Crippen LogP contribution is -1.83. The van der Waals surface area contributed by atoms with Crippen LogP contribution in [0.5, 0.6) is 0 Å². The van der Waals surface area contributed by atoms with E-state index in [1.165, 1.54) is 18.5 Å². The van der Waals surface area contributed by atoms with Crippen LogP contribution in [0, 0.1) is 0 Å². The number of hydrogen-bond acceptors (Lipinski definition) is 2. The second kappa shape index (κ2) is 3.45. The zero-order valence-corrected chi connectivity index (χ0v) is 9.66. The molecule has 76 valence electrons. The van der Waals surface area contributed by atoms with Gasteiger partial charge in [-0.1, -0.05) is 0 Å². The lowest BCUT2D eigenvalue weighted by atomic mass is 10.3. The summed E-state index contributed by atoms with van der Waals surface area (Å²) in [4.78, 5) is 11.8. The Balaban J connectivity index is 1.97. The van der Waals surface area contributed by atoms with Gasteiger partial charge in [0.2, 0.25) is 0 Å². The number of halogens is 1. The molecule has 0 aliphatic heterocycles. The van der Waals surface area contributed by atoms with Crippen molar-refractivity contribution in [3.05, 3.63) is 34.8 Å². The van der Waals surface area contributed by atoms with Crippen LogP contribution in [0.1, 0.15) is 24.5 Å². The lowest BCUT2D eigenvalue weighted by molar-refractivity contribution is 1.05. The molecule has 0 bridgehead atoms. The molecule has 15 heavy (non-hydrogen) atoms. The topological polar surface area (TPSA) is 41.6 Å². The number of nitrogens with one attached hydrogen (secondary N) is 1. The van der Waals surface area contributed by atoms with Crippen LogP contribution in [0.3, 0.4) is 0 Å². The van der Waals surface area contributed by atoms with Crippen LogP contribution < -0.4 is 0 Å².